The van der Waals surface area contributed by atoms with E-state index in [9.17, 15) is 45.6 Å². The lowest BCUT2D eigenvalue weighted by Gasteiger charge is -2.46. The average molecular weight is 1080 g/mol. The van der Waals surface area contributed by atoms with E-state index in [1.54, 1.807) is 6.08 Å². The predicted octanol–water partition coefficient (Wildman–Crippen LogP) is 10.8. The van der Waals surface area contributed by atoms with E-state index in [1.807, 2.05) is 6.08 Å². The van der Waals surface area contributed by atoms with Crippen LogP contribution in [-0.4, -0.2) is 140 Å². The lowest BCUT2D eigenvalue weighted by molar-refractivity contribution is -0.359. The molecular weight excluding hydrogens is 967 g/mol. The summed E-state index contributed by atoms with van der Waals surface area (Å²) in [4.78, 5) is 13.1. The largest absolute Gasteiger partial charge is 0.394 e. The molecule has 1 amide bonds. The normalized spacial score (nSPS) is 25.2. The Bertz CT molecular complexity index is 1460. The summed E-state index contributed by atoms with van der Waals surface area (Å²) in [6.45, 7) is 2.70. The van der Waals surface area contributed by atoms with Crippen molar-refractivity contribution in [2.24, 2.45) is 0 Å². The van der Waals surface area contributed by atoms with Crippen LogP contribution in [0.5, 0.6) is 0 Å². The van der Waals surface area contributed by atoms with Crippen LogP contribution in [0.1, 0.15) is 245 Å². The minimum absolute atomic E-state index is 0.258. The van der Waals surface area contributed by atoms with Crippen molar-refractivity contribution in [2.75, 3.05) is 19.8 Å². The Morgan fingerprint density at radius 2 is 0.868 bits per heavy atom. The highest BCUT2D eigenvalue weighted by Gasteiger charge is 2.51. The topological polar surface area (TPSA) is 228 Å². The molecule has 444 valence electrons. The fourth-order valence-corrected chi connectivity index (χ4v) is 9.97. The van der Waals surface area contributed by atoms with Crippen LogP contribution in [0.25, 0.3) is 0 Å². The van der Waals surface area contributed by atoms with Gasteiger partial charge in [0.25, 0.3) is 0 Å². The van der Waals surface area contributed by atoms with Crippen LogP contribution in [0.15, 0.2) is 48.6 Å². The fourth-order valence-electron chi connectivity index (χ4n) is 9.97. The number of allylic oxidation sites excluding steroid dienone is 7. The molecule has 0 radical (unpaired) electrons. The van der Waals surface area contributed by atoms with Crippen LogP contribution >= 0.6 is 0 Å². The third-order valence-corrected chi connectivity index (χ3v) is 14.9. The van der Waals surface area contributed by atoms with Crippen molar-refractivity contribution >= 4 is 5.91 Å². The Labute approximate surface area is 461 Å². The zero-order chi connectivity index (χ0) is 55.3. The summed E-state index contributed by atoms with van der Waals surface area (Å²) in [6.07, 6.45) is 43.5. The molecule has 2 fully saturated rings. The minimum Gasteiger partial charge on any atom is -0.394 e. The zero-order valence-electron chi connectivity index (χ0n) is 47.7. The first kappa shape index (κ1) is 70.1. The summed E-state index contributed by atoms with van der Waals surface area (Å²) in [5.41, 5.74) is 0. The van der Waals surface area contributed by atoms with Gasteiger partial charge in [0, 0.05) is 6.42 Å². The molecule has 12 unspecified atom stereocenters. The summed E-state index contributed by atoms with van der Waals surface area (Å²) in [7, 11) is 0. The first-order valence-electron chi connectivity index (χ1n) is 30.9. The molecule has 14 nitrogen and oxygen atoms in total. The smallest absolute Gasteiger partial charge is 0.220 e. The van der Waals surface area contributed by atoms with Crippen molar-refractivity contribution in [1.29, 1.82) is 0 Å². The van der Waals surface area contributed by atoms with Crippen molar-refractivity contribution in [1.82, 2.24) is 5.32 Å². The van der Waals surface area contributed by atoms with Gasteiger partial charge in [-0.05, 0) is 64.2 Å². The van der Waals surface area contributed by atoms with Gasteiger partial charge >= 0.3 is 0 Å². The highest BCUT2D eigenvalue weighted by molar-refractivity contribution is 5.76. The quantitative estimate of drug-likeness (QED) is 0.0204. The van der Waals surface area contributed by atoms with E-state index in [-0.39, 0.29) is 18.9 Å². The van der Waals surface area contributed by atoms with E-state index in [1.165, 1.54) is 141 Å². The molecule has 2 aliphatic rings. The maximum atomic E-state index is 13.1. The second-order valence-corrected chi connectivity index (χ2v) is 21.8. The van der Waals surface area contributed by atoms with E-state index in [2.05, 4.69) is 55.6 Å². The van der Waals surface area contributed by atoms with Crippen LogP contribution < -0.4 is 5.32 Å². The standard InChI is InChI=1S/C62H113NO13/c1-3-5-7-9-11-13-15-16-17-18-19-20-21-22-23-24-25-26-27-28-29-30-31-32-33-34-35-36-37-39-41-43-45-51(66)50(63-54(67)46-44-42-40-38-14-12-10-8-6-4-2)49-73-61-59(72)57(70)60(53(48-65)75-61)76-62-58(71)56(69)55(68)52(47-64)74-62/h8,10,32-33,36-37,43,45,50-53,55-62,64-66,68-72H,3-7,9,11-31,34-35,38-42,44,46-49H2,1-2H3,(H,63,67)/b10-8-,33-32+,37-36+,45-43+. The van der Waals surface area contributed by atoms with E-state index in [0.717, 1.165) is 70.6 Å². The number of hydrogen-bond donors (Lipinski definition) is 9. The molecule has 14 heteroatoms. The van der Waals surface area contributed by atoms with Crippen LogP contribution in [0.4, 0.5) is 0 Å². The number of unbranched alkanes of at least 4 members (excludes halogenated alkanes) is 30. The summed E-state index contributed by atoms with van der Waals surface area (Å²) < 4.78 is 22.7. The molecule has 0 saturated carbocycles. The maximum Gasteiger partial charge on any atom is 0.220 e. The average Bonchev–Trinajstić information content (AvgIpc) is 3.42. The lowest BCUT2D eigenvalue weighted by Crippen LogP contribution is -2.65. The Balaban J connectivity index is 1.67. The first-order chi connectivity index (χ1) is 37.1. The lowest BCUT2D eigenvalue weighted by atomic mass is 9.97. The van der Waals surface area contributed by atoms with E-state index in [4.69, 9.17) is 18.9 Å². The van der Waals surface area contributed by atoms with Crippen molar-refractivity contribution < 1.29 is 64.6 Å². The zero-order valence-corrected chi connectivity index (χ0v) is 47.7. The molecule has 2 aliphatic heterocycles. The van der Waals surface area contributed by atoms with Gasteiger partial charge in [-0.1, -0.05) is 223 Å². The predicted molar refractivity (Wildman–Crippen MR) is 304 cm³/mol. The van der Waals surface area contributed by atoms with Gasteiger partial charge in [0.1, 0.15) is 48.8 Å². The van der Waals surface area contributed by atoms with Gasteiger partial charge in [0.05, 0.1) is 32.0 Å². The van der Waals surface area contributed by atoms with Gasteiger partial charge in [-0.2, -0.15) is 0 Å². The highest BCUT2D eigenvalue weighted by atomic mass is 16.7. The summed E-state index contributed by atoms with van der Waals surface area (Å²) in [5, 5.41) is 86.9. The molecule has 0 aromatic carbocycles. The van der Waals surface area contributed by atoms with Gasteiger partial charge in [-0.3, -0.25) is 4.79 Å². The number of amides is 1. The van der Waals surface area contributed by atoms with E-state index in [0.29, 0.717) is 12.8 Å². The summed E-state index contributed by atoms with van der Waals surface area (Å²) in [5.74, 6) is -0.266. The Morgan fingerprint density at radius 3 is 1.34 bits per heavy atom. The summed E-state index contributed by atoms with van der Waals surface area (Å²) in [6, 6.07) is -0.942. The maximum absolute atomic E-state index is 13.1. The van der Waals surface area contributed by atoms with Crippen LogP contribution in [0.3, 0.4) is 0 Å². The molecule has 9 N–H and O–H groups in total. The molecule has 2 rings (SSSR count). The second-order valence-electron chi connectivity index (χ2n) is 21.8. The third-order valence-electron chi connectivity index (χ3n) is 14.9. The molecule has 0 aliphatic carbocycles. The van der Waals surface area contributed by atoms with Crippen LogP contribution in [-0.2, 0) is 23.7 Å². The molecule has 2 saturated heterocycles. The van der Waals surface area contributed by atoms with Gasteiger partial charge in [0.2, 0.25) is 5.91 Å². The number of hydrogen-bond acceptors (Lipinski definition) is 13. The van der Waals surface area contributed by atoms with Crippen molar-refractivity contribution in [3.05, 3.63) is 48.6 Å². The van der Waals surface area contributed by atoms with E-state index >= 15 is 0 Å². The molecule has 0 bridgehead atoms. The Kier molecular flexibility index (Phi) is 44.0. The molecule has 0 aromatic heterocycles. The highest BCUT2D eigenvalue weighted by Crippen LogP contribution is 2.30. The van der Waals surface area contributed by atoms with E-state index < -0.39 is 86.8 Å². The molecular formula is C62H113NO13. The summed E-state index contributed by atoms with van der Waals surface area (Å²) >= 11 is 0. The van der Waals surface area contributed by atoms with Crippen LogP contribution in [0.2, 0.25) is 0 Å². The molecule has 0 aromatic rings. The molecule has 2 heterocycles. The van der Waals surface area contributed by atoms with Crippen molar-refractivity contribution in [2.45, 2.75) is 319 Å². The number of carbonyl (C=O) groups excluding carboxylic acids is 1. The Morgan fingerprint density at radius 1 is 0.461 bits per heavy atom. The van der Waals surface area contributed by atoms with Crippen LogP contribution in [0, 0.1) is 0 Å². The number of aliphatic hydroxyl groups excluding tert-OH is 8. The minimum atomic E-state index is -1.79. The third kappa shape index (κ3) is 32.9. The molecule has 76 heavy (non-hydrogen) atoms. The monoisotopic (exact) mass is 1080 g/mol. The SMILES string of the molecule is CCC/C=C\CCCCCCCC(=O)NC(COC1OC(CO)C(OC2OC(CO)C(O)C(O)C2O)C(O)C1O)C(O)/C=C/CC/C=C/CC/C=C/CCCCCCCCCCCCCCCCCCCCCCCC. The second kappa shape index (κ2) is 47.7. The number of aliphatic hydroxyl groups is 8. The molecule has 0 spiro atoms. The number of nitrogens with one attached hydrogen (secondary N) is 1. The van der Waals surface area contributed by atoms with Gasteiger partial charge in [-0.25, -0.2) is 0 Å². The number of ether oxygens (including phenoxy) is 4. The number of carbonyl (C=O) groups is 1. The van der Waals surface area contributed by atoms with Crippen molar-refractivity contribution in [3.8, 4) is 0 Å². The van der Waals surface area contributed by atoms with Gasteiger partial charge in [0.15, 0.2) is 12.6 Å². The first-order valence-corrected chi connectivity index (χ1v) is 30.9. The number of rotatable bonds is 49. The van der Waals surface area contributed by atoms with Gasteiger partial charge < -0.3 is 65.1 Å². The van der Waals surface area contributed by atoms with Gasteiger partial charge in [-0.15, -0.1) is 0 Å². The molecule has 12 atom stereocenters. The Hall–Kier alpha value is -2.05. The van der Waals surface area contributed by atoms with Crippen molar-refractivity contribution in [3.63, 3.8) is 0 Å². The fraction of sp³-hybridized carbons (Fsp3) is 0.855.